The van der Waals surface area contributed by atoms with Crippen LogP contribution in [0.25, 0.3) is 22.3 Å². The summed E-state index contributed by atoms with van der Waals surface area (Å²) >= 11 is 0. The Kier molecular flexibility index (Phi) is 14.6. The summed E-state index contributed by atoms with van der Waals surface area (Å²) in [6, 6.07) is 28.4. The fourth-order valence-corrected chi connectivity index (χ4v) is 6.24. The highest BCUT2D eigenvalue weighted by atomic mass is 16.6. The van der Waals surface area contributed by atoms with Crippen LogP contribution in [-0.4, -0.2) is 96.5 Å². The summed E-state index contributed by atoms with van der Waals surface area (Å²) < 4.78 is 57.0. The lowest BCUT2D eigenvalue weighted by Gasteiger charge is -2.14. The Morgan fingerprint density at radius 2 is 0.862 bits per heavy atom. The molecule has 4 aromatic carbocycles. The molecule has 2 saturated heterocycles. The third-order valence-corrected chi connectivity index (χ3v) is 9.64. The summed E-state index contributed by atoms with van der Waals surface area (Å²) in [6.07, 6.45) is 2.24. The van der Waals surface area contributed by atoms with E-state index in [2.05, 4.69) is 67.4 Å². The van der Waals surface area contributed by atoms with Gasteiger partial charge in [-0.25, -0.2) is 4.98 Å². The van der Waals surface area contributed by atoms with Gasteiger partial charge in [-0.1, -0.05) is 24.3 Å². The molecule has 7 rings (SSSR count). The van der Waals surface area contributed by atoms with Crippen molar-refractivity contribution in [1.29, 1.82) is 0 Å². The number of aromatic nitrogens is 1. The molecule has 58 heavy (non-hydrogen) atoms. The van der Waals surface area contributed by atoms with Crippen LogP contribution in [0.5, 0.6) is 34.6 Å². The third-order valence-electron chi connectivity index (χ3n) is 9.64. The average molecular weight is 792 g/mol. The van der Waals surface area contributed by atoms with E-state index in [9.17, 15) is 0 Å². The van der Waals surface area contributed by atoms with Crippen molar-refractivity contribution in [2.24, 2.45) is 0 Å². The second kappa shape index (κ2) is 20.6. The monoisotopic (exact) mass is 791 g/mol. The van der Waals surface area contributed by atoms with Gasteiger partial charge in [-0.05, 0) is 127 Å². The summed E-state index contributed by atoms with van der Waals surface area (Å²) in [5.74, 6) is 4.24. The van der Waals surface area contributed by atoms with Gasteiger partial charge in [0.25, 0.3) is 0 Å². The number of pyridine rings is 1. The lowest BCUT2D eigenvalue weighted by molar-refractivity contribution is 0.0316. The molecule has 2 fully saturated rings. The predicted molar refractivity (Wildman–Crippen MR) is 221 cm³/mol. The van der Waals surface area contributed by atoms with Gasteiger partial charge < -0.3 is 47.4 Å². The minimum absolute atomic E-state index is 0.275. The summed E-state index contributed by atoms with van der Waals surface area (Å²) in [5.41, 5.74) is 8.48. The first-order valence-corrected chi connectivity index (χ1v) is 19.9. The summed E-state index contributed by atoms with van der Waals surface area (Å²) in [6.45, 7) is 15.2. The SMILES string of the molecule is Cc1cc(-c2ccc(Oc3ccnc(Oc4ccc(-c5ccc(OCCOCCOCC6CO6)c(C)c5)cc4C)c3)c(C)c2)ccc1OCCOCCOCC1CO1. The van der Waals surface area contributed by atoms with Crippen molar-refractivity contribution in [2.75, 3.05) is 79.3 Å². The Labute approximate surface area is 341 Å². The van der Waals surface area contributed by atoms with Crippen LogP contribution in [0.15, 0.2) is 91.1 Å². The molecule has 2 atom stereocenters. The maximum Gasteiger partial charge on any atom is 0.222 e. The number of nitrogens with zero attached hydrogens (tertiary/aromatic N) is 1. The van der Waals surface area contributed by atoms with Crippen LogP contribution in [0.3, 0.4) is 0 Å². The standard InChI is InChI=1S/C47H53NO10/c1-32-23-36(5-9-43(32)53-21-19-49-15-17-51-28-41-30-55-41)38-7-11-45(34(3)25-38)57-40-13-14-48-47(27-40)58-46-12-8-39(26-35(46)4)37-6-10-44(33(2)24-37)54-22-20-50-16-18-52-29-42-31-56-42/h5-14,23-27,41-42H,15-22,28-31H2,1-4H3. The molecule has 0 bridgehead atoms. The van der Waals surface area contributed by atoms with Crippen molar-refractivity contribution < 1.29 is 47.4 Å². The van der Waals surface area contributed by atoms with E-state index in [-0.39, 0.29) is 12.2 Å². The topological polar surface area (TPSA) is 112 Å². The first-order chi connectivity index (χ1) is 28.4. The number of benzene rings is 4. The molecule has 0 saturated carbocycles. The molecular weight excluding hydrogens is 739 g/mol. The van der Waals surface area contributed by atoms with Crippen LogP contribution in [-0.2, 0) is 28.4 Å². The predicted octanol–water partition coefficient (Wildman–Crippen LogP) is 8.86. The Bertz CT molecular complexity index is 1950. The molecule has 0 N–H and O–H groups in total. The van der Waals surface area contributed by atoms with E-state index in [1.807, 2.05) is 44.2 Å². The van der Waals surface area contributed by atoms with E-state index in [1.54, 1.807) is 12.3 Å². The van der Waals surface area contributed by atoms with Crippen molar-refractivity contribution in [3.63, 3.8) is 0 Å². The van der Waals surface area contributed by atoms with Crippen LogP contribution in [0.4, 0.5) is 0 Å². The smallest absolute Gasteiger partial charge is 0.222 e. The molecule has 11 heteroatoms. The summed E-state index contributed by atoms with van der Waals surface area (Å²) in [7, 11) is 0. The zero-order valence-electron chi connectivity index (χ0n) is 33.8. The van der Waals surface area contributed by atoms with Crippen LogP contribution in [0.2, 0.25) is 0 Å². The van der Waals surface area contributed by atoms with Gasteiger partial charge in [0.15, 0.2) is 0 Å². The first-order valence-electron chi connectivity index (χ1n) is 19.9. The summed E-state index contributed by atoms with van der Waals surface area (Å²) in [4.78, 5) is 4.45. The van der Waals surface area contributed by atoms with Gasteiger partial charge in [0.05, 0.1) is 66.1 Å². The van der Waals surface area contributed by atoms with Crippen LogP contribution in [0, 0.1) is 27.7 Å². The minimum Gasteiger partial charge on any atom is -0.491 e. The average Bonchev–Trinajstić information content (AvgIpc) is 4.17. The van der Waals surface area contributed by atoms with Gasteiger partial charge >= 0.3 is 0 Å². The Morgan fingerprint density at radius 1 is 0.466 bits per heavy atom. The number of aryl methyl sites for hydroxylation is 4. The van der Waals surface area contributed by atoms with E-state index in [1.165, 1.54) is 0 Å². The van der Waals surface area contributed by atoms with E-state index in [0.29, 0.717) is 77.7 Å². The molecule has 2 unspecified atom stereocenters. The Hall–Kier alpha value is -5.01. The van der Waals surface area contributed by atoms with E-state index < -0.39 is 0 Å². The van der Waals surface area contributed by atoms with Gasteiger partial charge in [0.1, 0.15) is 54.2 Å². The minimum atomic E-state index is 0.275. The molecular formula is C47H53NO10. The van der Waals surface area contributed by atoms with Gasteiger partial charge in [-0.2, -0.15) is 0 Å². The fourth-order valence-electron chi connectivity index (χ4n) is 6.24. The van der Waals surface area contributed by atoms with E-state index in [4.69, 9.17) is 47.4 Å². The third kappa shape index (κ3) is 12.5. The van der Waals surface area contributed by atoms with E-state index >= 15 is 0 Å². The number of hydrogen-bond donors (Lipinski definition) is 0. The molecule has 0 radical (unpaired) electrons. The maximum absolute atomic E-state index is 6.32. The number of hydrogen-bond acceptors (Lipinski definition) is 11. The van der Waals surface area contributed by atoms with Crippen LogP contribution >= 0.6 is 0 Å². The largest absolute Gasteiger partial charge is 0.491 e. The first kappa shape index (κ1) is 41.2. The molecule has 2 aliphatic heterocycles. The van der Waals surface area contributed by atoms with Crippen molar-refractivity contribution >= 4 is 0 Å². The van der Waals surface area contributed by atoms with Gasteiger partial charge in [-0.3, -0.25) is 0 Å². The molecule has 0 spiro atoms. The van der Waals surface area contributed by atoms with Crippen molar-refractivity contribution in [2.45, 2.75) is 39.9 Å². The maximum atomic E-state index is 6.32. The highest BCUT2D eigenvalue weighted by Crippen LogP contribution is 2.35. The van der Waals surface area contributed by atoms with Crippen molar-refractivity contribution in [1.82, 2.24) is 4.98 Å². The molecule has 2 aliphatic rings. The second-order valence-electron chi connectivity index (χ2n) is 14.4. The lowest BCUT2D eigenvalue weighted by atomic mass is 10.0. The Balaban J connectivity index is 0.872. The Morgan fingerprint density at radius 3 is 1.29 bits per heavy atom. The van der Waals surface area contributed by atoms with Crippen LogP contribution < -0.4 is 18.9 Å². The van der Waals surface area contributed by atoms with Crippen molar-refractivity contribution in [3.05, 3.63) is 113 Å². The summed E-state index contributed by atoms with van der Waals surface area (Å²) in [5, 5.41) is 0. The number of epoxide rings is 2. The fraction of sp³-hybridized carbons (Fsp3) is 0.383. The molecule has 3 heterocycles. The molecule has 0 aliphatic carbocycles. The zero-order chi connectivity index (χ0) is 40.1. The van der Waals surface area contributed by atoms with Gasteiger partial charge in [0.2, 0.25) is 5.88 Å². The normalized spacial score (nSPS) is 15.6. The second-order valence-corrected chi connectivity index (χ2v) is 14.4. The van der Waals surface area contributed by atoms with Gasteiger partial charge in [0, 0.05) is 12.3 Å². The molecule has 11 nitrogen and oxygen atoms in total. The van der Waals surface area contributed by atoms with Gasteiger partial charge in [-0.15, -0.1) is 0 Å². The van der Waals surface area contributed by atoms with E-state index in [0.717, 1.165) is 80.7 Å². The molecule has 5 aromatic rings. The number of rotatable bonds is 24. The quantitative estimate of drug-likeness (QED) is 0.0442. The molecule has 1 aromatic heterocycles. The highest BCUT2D eigenvalue weighted by molar-refractivity contribution is 5.69. The van der Waals surface area contributed by atoms with Crippen molar-refractivity contribution in [3.8, 4) is 56.9 Å². The highest BCUT2D eigenvalue weighted by Gasteiger charge is 2.22. The number of ether oxygens (including phenoxy) is 10. The van der Waals surface area contributed by atoms with Crippen LogP contribution in [0.1, 0.15) is 22.3 Å². The lowest BCUT2D eigenvalue weighted by Crippen LogP contribution is -2.12. The zero-order valence-corrected chi connectivity index (χ0v) is 33.8. The molecule has 306 valence electrons. The molecule has 0 amide bonds.